The first kappa shape index (κ1) is 14.5. The van der Waals surface area contributed by atoms with Crippen LogP contribution in [0.4, 0.5) is 5.69 Å². The van der Waals surface area contributed by atoms with Gasteiger partial charge in [-0.05, 0) is 29.8 Å². The van der Waals surface area contributed by atoms with Crippen molar-refractivity contribution in [2.45, 2.75) is 6.54 Å². The zero-order chi connectivity index (χ0) is 14.5. The second-order valence-electron chi connectivity index (χ2n) is 4.17. The van der Waals surface area contributed by atoms with Crippen molar-refractivity contribution >= 4 is 34.7 Å². The summed E-state index contributed by atoms with van der Waals surface area (Å²) in [7, 11) is 0. The van der Waals surface area contributed by atoms with Gasteiger partial charge in [0.05, 0.1) is 10.0 Å². The van der Waals surface area contributed by atoms with Crippen LogP contribution in [-0.2, 0) is 6.54 Å². The van der Waals surface area contributed by atoms with Gasteiger partial charge in [-0.25, -0.2) is 0 Å². The molecule has 0 aromatic heterocycles. The average Bonchev–Trinajstić information content (AvgIpc) is 2.48. The fraction of sp³-hybridized carbons (Fsp3) is 0.0714. The molecule has 0 heterocycles. The van der Waals surface area contributed by atoms with Gasteiger partial charge in [0.1, 0.15) is 0 Å². The number of nitrogens with one attached hydrogen (secondary N) is 1. The number of anilines is 1. The highest BCUT2D eigenvalue weighted by Gasteiger charge is 2.02. The Morgan fingerprint density at radius 3 is 2.65 bits per heavy atom. The predicted octanol–water partition coefficient (Wildman–Crippen LogP) is 3.70. The summed E-state index contributed by atoms with van der Waals surface area (Å²) >= 11 is 11.8. The molecule has 4 N–H and O–H groups in total. The third-order valence-corrected chi connectivity index (χ3v) is 3.49. The van der Waals surface area contributed by atoms with E-state index in [0.717, 1.165) is 11.3 Å². The molecular formula is C14H13Cl2N3O. The Morgan fingerprint density at radius 1 is 1.15 bits per heavy atom. The highest BCUT2D eigenvalue weighted by molar-refractivity contribution is 6.42. The molecule has 104 valence electrons. The smallest absolute Gasteiger partial charge is 0.170 e. The summed E-state index contributed by atoms with van der Waals surface area (Å²) in [6.45, 7) is 0.588. The lowest BCUT2D eigenvalue weighted by atomic mass is 10.1. The first-order valence-corrected chi connectivity index (χ1v) is 6.61. The largest absolute Gasteiger partial charge is 0.409 e. The summed E-state index contributed by atoms with van der Waals surface area (Å²) in [6.07, 6.45) is 0. The molecule has 0 unspecified atom stereocenters. The van der Waals surface area contributed by atoms with Gasteiger partial charge in [0.25, 0.3) is 0 Å². The van der Waals surface area contributed by atoms with E-state index in [1.54, 1.807) is 18.2 Å². The van der Waals surface area contributed by atoms with E-state index in [1.807, 2.05) is 24.3 Å². The highest BCUT2D eigenvalue weighted by Crippen LogP contribution is 2.25. The third-order valence-electron chi connectivity index (χ3n) is 2.75. The quantitative estimate of drug-likeness (QED) is 0.349. The lowest BCUT2D eigenvalue weighted by molar-refractivity contribution is 0.318. The molecule has 4 nitrogen and oxygen atoms in total. The van der Waals surface area contributed by atoms with Crippen molar-refractivity contribution in [3.63, 3.8) is 0 Å². The molecule has 2 rings (SSSR count). The van der Waals surface area contributed by atoms with Crippen molar-refractivity contribution < 1.29 is 5.21 Å². The molecular weight excluding hydrogens is 297 g/mol. The van der Waals surface area contributed by atoms with Gasteiger partial charge in [-0.15, -0.1) is 0 Å². The summed E-state index contributed by atoms with van der Waals surface area (Å²) in [4.78, 5) is 0. The van der Waals surface area contributed by atoms with Crippen LogP contribution in [0.2, 0.25) is 10.0 Å². The average molecular weight is 310 g/mol. The molecule has 0 radical (unpaired) electrons. The molecule has 0 bridgehead atoms. The second kappa shape index (κ2) is 6.50. The van der Waals surface area contributed by atoms with E-state index in [2.05, 4.69) is 10.5 Å². The van der Waals surface area contributed by atoms with E-state index in [0.29, 0.717) is 22.2 Å². The molecule has 0 saturated heterocycles. The lowest BCUT2D eigenvalue weighted by Crippen LogP contribution is -2.13. The minimum absolute atomic E-state index is 0.0846. The van der Waals surface area contributed by atoms with E-state index in [1.165, 1.54) is 0 Å². The Labute approximate surface area is 126 Å². The topological polar surface area (TPSA) is 70.6 Å². The fourth-order valence-electron chi connectivity index (χ4n) is 1.71. The number of hydrogen-bond acceptors (Lipinski definition) is 3. The number of oxime groups is 1. The summed E-state index contributed by atoms with van der Waals surface area (Å²) in [5.41, 5.74) is 8.09. The van der Waals surface area contributed by atoms with Gasteiger partial charge in [0, 0.05) is 17.8 Å². The minimum Gasteiger partial charge on any atom is -0.409 e. The summed E-state index contributed by atoms with van der Waals surface area (Å²) < 4.78 is 0. The molecule has 2 aromatic carbocycles. The predicted molar refractivity (Wildman–Crippen MR) is 82.7 cm³/mol. The van der Waals surface area contributed by atoms with E-state index >= 15 is 0 Å². The Hall–Kier alpha value is -1.91. The normalized spacial score (nSPS) is 11.4. The first-order valence-electron chi connectivity index (χ1n) is 5.86. The van der Waals surface area contributed by atoms with Crippen molar-refractivity contribution in [1.82, 2.24) is 0 Å². The van der Waals surface area contributed by atoms with Crippen molar-refractivity contribution in [2.75, 3.05) is 5.32 Å². The maximum Gasteiger partial charge on any atom is 0.170 e. The van der Waals surface area contributed by atoms with Crippen LogP contribution in [0.3, 0.4) is 0 Å². The number of benzene rings is 2. The number of halogens is 2. The van der Waals surface area contributed by atoms with Crippen molar-refractivity contribution in [3.05, 3.63) is 63.6 Å². The SMILES string of the molecule is NC(=NO)c1cccc(CNc2ccc(Cl)c(Cl)c2)c1. The van der Waals surface area contributed by atoms with E-state index in [-0.39, 0.29) is 5.84 Å². The molecule has 20 heavy (non-hydrogen) atoms. The minimum atomic E-state index is 0.0846. The summed E-state index contributed by atoms with van der Waals surface area (Å²) in [6, 6.07) is 12.8. The molecule has 0 aliphatic carbocycles. The van der Waals surface area contributed by atoms with Crippen LogP contribution in [0.5, 0.6) is 0 Å². The van der Waals surface area contributed by atoms with E-state index in [9.17, 15) is 0 Å². The Morgan fingerprint density at radius 2 is 1.95 bits per heavy atom. The molecule has 0 amide bonds. The van der Waals surface area contributed by atoms with Crippen LogP contribution in [-0.4, -0.2) is 11.0 Å². The Balaban J connectivity index is 2.09. The summed E-state index contributed by atoms with van der Waals surface area (Å²) in [5, 5.41) is 15.9. The number of rotatable bonds is 4. The lowest BCUT2D eigenvalue weighted by Gasteiger charge is -2.08. The number of nitrogens with two attached hydrogens (primary N) is 1. The standard InChI is InChI=1S/C14H13Cl2N3O/c15-12-5-4-11(7-13(12)16)18-8-9-2-1-3-10(6-9)14(17)19-20/h1-7,18,20H,8H2,(H2,17,19). The highest BCUT2D eigenvalue weighted by atomic mass is 35.5. The van der Waals surface area contributed by atoms with E-state index in [4.69, 9.17) is 34.1 Å². The second-order valence-corrected chi connectivity index (χ2v) is 4.98. The zero-order valence-electron chi connectivity index (χ0n) is 10.5. The number of amidine groups is 1. The fourth-order valence-corrected chi connectivity index (χ4v) is 2.01. The number of nitrogens with zero attached hydrogens (tertiary/aromatic N) is 1. The Kier molecular flexibility index (Phi) is 4.71. The van der Waals surface area contributed by atoms with Gasteiger partial charge in [-0.2, -0.15) is 0 Å². The molecule has 0 fully saturated rings. The van der Waals surface area contributed by atoms with Gasteiger partial charge >= 0.3 is 0 Å². The molecule has 0 spiro atoms. The van der Waals surface area contributed by atoms with E-state index < -0.39 is 0 Å². The van der Waals surface area contributed by atoms with Crippen molar-refractivity contribution in [1.29, 1.82) is 0 Å². The van der Waals surface area contributed by atoms with Gasteiger partial charge in [-0.1, -0.05) is 46.6 Å². The summed E-state index contributed by atoms with van der Waals surface area (Å²) in [5.74, 6) is 0.0846. The molecule has 0 aliphatic rings. The molecule has 6 heteroatoms. The van der Waals surface area contributed by atoms with Crippen LogP contribution in [0, 0.1) is 0 Å². The molecule has 0 saturated carbocycles. The van der Waals surface area contributed by atoms with Crippen LogP contribution in [0.15, 0.2) is 47.6 Å². The first-order chi connectivity index (χ1) is 9.60. The molecule has 0 atom stereocenters. The maximum absolute atomic E-state index is 8.66. The zero-order valence-corrected chi connectivity index (χ0v) is 12.0. The van der Waals surface area contributed by atoms with Crippen LogP contribution in [0.1, 0.15) is 11.1 Å². The van der Waals surface area contributed by atoms with Crippen molar-refractivity contribution in [2.24, 2.45) is 10.9 Å². The van der Waals surface area contributed by atoms with Gasteiger partial charge in [0.15, 0.2) is 5.84 Å². The molecule has 2 aromatic rings. The third kappa shape index (κ3) is 3.56. The number of hydrogen-bond donors (Lipinski definition) is 3. The monoisotopic (exact) mass is 309 g/mol. The van der Waals surface area contributed by atoms with Crippen LogP contribution < -0.4 is 11.1 Å². The maximum atomic E-state index is 8.66. The van der Waals surface area contributed by atoms with Crippen LogP contribution >= 0.6 is 23.2 Å². The molecule has 0 aliphatic heterocycles. The van der Waals surface area contributed by atoms with Gasteiger partial charge in [0.2, 0.25) is 0 Å². The van der Waals surface area contributed by atoms with Gasteiger partial charge in [-0.3, -0.25) is 0 Å². The Bertz CT molecular complexity index is 644. The van der Waals surface area contributed by atoms with Crippen molar-refractivity contribution in [3.8, 4) is 0 Å². The van der Waals surface area contributed by atoms with Gasteiger partial charge < -0.3 is 16.3 Å². The van der Waals surface area contributed by atoms with Crippen LogP contribution in [0.25, 0.3) is 0 Å².